The van der Waals surface area contributed by atoms with Gasteiger partial charge in [0.15, 0.2) is 0 Å². The number of morpholine rings is 1. The van der Waals surface area contributed by atoms with Crippen molar-refractivity contribution in [3.63, 3.8) is 0 Å². The second-order valence-corrected chi connectivity index (χ2v) is 9.52. The predicted octanol–water partition coefficient (Wildman–Crippen LogP) is 1.82. The lowest BCUT2D eigenvalue weighted by Gasteiger charge is -2.36. The van der Waals surface area contributed by atoms with Crippen LogP contribution >= 0.6 is 0 Å². The molecule has 2 saturated heterocycles. The quantitative estimate of drug-likeness (QED) is 0.673. The number of hydrogen-bond acceptors (Lipinski definition) is 6. The maximum absolute atomic E-state index is 14.1. The number of carbonyl (C=O) groups excluding carboxylic acids is 1. The van der Waals surface area contributed by atoms with E-state index < -0.39 is 10.0 Å². The first-order chi connectivity index (χ1) is 15.4. The Kier molecular flexibility index (Phi) is 6.63. The number of piperazine rings is 1. The van der Waals surface area contributed by atoms with Crippen LogP contribution in [0, 0.1) is 5.82 Å². The fourth-order valence-corrected chi connectivity index (χ4v) is 5.57. The first kappa shape index (κ1) is 22.5. The standard InChI is InChI=1S/C22H26FN3O5S/c1-30-20-7-6-17(16-21(20)32(28,29)26-12-14-31-15-13-26)22(27)25-10-8-24(9-11-25)19-5-3-2-4-18(19)23/h2-7,16H,8-15H2,1H3. The molecule has 2 aromatic rings. The third-order valence-corrected chi connectivity index (χ3v) is 7.68. The molecule has 2 aliphatic rings. The zero-order chi connectivity index (χ0) is 22.7. The highest BCUT2D eigenvalue weighted by Crippen LogP contribution is 2.29. The number of rotatable bonds is 5. The van der Waals surface area contributed by atoms with Gasteiger partial charge in [-0.3, -0.25) is 4.79 Å². The molecule has 2 aromatic carbocycles. The lowest BCUT2D eigenvalue weighted by atomic mass is 10.1. The summed E-state index contributed by atoms with van der Waals surface area (Å²) in [6.07, 6.45) is 0. The van der Waals surface area contributed by atoms with Crippen LogP contribution in [0.15, 0.2) is 47.4 Å². The van der Waals surface area contributed by atoms with Gasteiger partial charge >= 0.3 is 0 Å². The highest BCUT2D eigenvalue weighted by atomic mass is 32.2. The van der Waals surface area contributed by atoms with Crippen molar-refractivity contribution >= 4 is 21.6 Å². The van der Waals surface area contributed by atoms with Gasteiger partial charge < -0.3 is 19.3 Å². The van der Waals surface area contributed by atoms with Crippen molar-refractivity contribution in [2.24, 2.45) is 0 Å². The van der Waals surface area contributed by atoms with Crippen molar-refractivity contribution in [3.05, 3.63) is 53.8 Å². The summed E-state index contributed by atoms with van der Waals surface area (Å²) in [6.45, 7) is 2.95. The molecule has 8 nitrogen and oxygen atoms in total. The van der Waals surface area contributed by atoms with E-state index in [9.17, 15) is 17.6 Å². The maximum Gasteiger partial charge on any atom is 0.254 e. The van der Waals surface area contributed by atoms with Gasteiger partial charge in [0.2, 0.25) is 10.0 Å². The number of methoxy groups -OCH3 is 1. The first-order valence-corrected chi connectivity index (χ1v) is 11.9. The first-order valence-electron chi connectivity index (χ1n) is 10.5. The van der Waals surface area contributed by atoms with E-state index in [1.54, 1.807) is 29.2 Å². The number of carbonyl (C=O) groups is 1. The van der Waals surface area contributed by atoms with Gasteiger partial charge in [-0.1, -0.05) is 12.1 Å². The number of nitrogens with zero attached hydrogens (tertiary/aromatic N) is 3. The van der Waals surface area contributed by atoms with E-state index in [2.05, 4.69) is 0 Å². The molecule has 0 N–H and O–H groups in total. The molecule has 0 bridgehead atoms. The molecule has 0 aromatic heterocycles. The molecule has 0 spiro atoms. The van der Waals surface area contributed by atoms with E-state index in [4.69, 9.17) is 9.47 Å². The molecule has 0 saturated carbocycles. The van der Waals surface area contributed by atoms with Crippen molar-refractivity contribution in [1.82, 2.24) is 9.21 Å². The molecule has 0 radical (unpaired) electrons. The van der Waals surface area contributed by atoms with Crippen LogP contribution in [0.3, 0.4) is 0 Å². The Hall–Kier alpha value is -2.69. The largest absolute Gasteiger partial charge is 0.495 e. The summed E-state index contributed by atoms with van der Waals surface area (Å²) >= 11 is 0. The fraction of sp³-hybridized carbons (Fsp3) is 0.409. The molecule has 2 heterocycles. The van der Waals surface area contributed by atoms with Crippen molar-refractivity contribution in [3.8, 4) is 5.75 Å². The Morgan fingerprint density at radius 1 is 1.00 bits per heavy atom. The third-order valence-electron chi connectivity index (χ3n) is 5.76. The van der Waals surface area contributed by atoms with E-state index in [0.717, 1.165) is 0 Å². The molecule has 1 amide bonds. The van der Waals surface area contributed by atoms with Crippen LogP contribution in [0.4, 0.5) is 10.1 Å². The van der Waals surface area contributed by atoms with E-state index in [0.29, 0.717) is 45.1 Å². The second-order valence-electron chi connectivity index (χ2n) is 7.61. The summed E-state index contributed by atoms with van der Waals surface area (Å²) in [5.74, 6) is -0.364. The zero-order valence-electron chi connectivity index (χ0n) is 17.9. The zero-order valence-corrected chi connectivity index (χ0v) is 18.7. The number of benzene rings is 2. The van der Waals surface area contributed by atoms with E-state index >= 15 is 0 Å². The Morgan fingerprint density at radius 3 is 2.34 bits per heavy atom. The van der Waals surface area contributed by atoms with Crippen molar-refractivity contribution in [2.75, 3.05) is 64.5 Å². The fourth-order valence-electron chi connectivity index (χ4n) is 3.98. The van der Waals surface area contributed by atoms with Crippen LogP contribution in [0.1, 0.15) is 10.4 Å². The minimum absolute atomic E-state index is 0.0299. The Morgan fingerprint density at radius 2 is 1.69 bits per heavy atom. The van der Waals surface area contributed by atoms with Gasteiger partial charge in [0.25, 0.3) is 5.91 Å². The Bertz CT molecular complexity index is 1080. The highest BCUT2D eigenvalue weighted by molar-refractivity contribution is 7.89. The van der Waals surface area contributed by atoms with Crippen molar-refractivity contribution < 1.29 is 27.1 Å². The smallest absolute Gasteiger partial charge is 0.254 e. The molecular formula is C22H26FN3O5S. The van der Waals surface area contributed by atoms with Crippen LogP contribution < -0.4 is 9.64 Å². The van der Waals surface area contributed by atoms with E-state index in [-0.39, 0.29) is 41.0 Å². The van der Waals surface area contributed by atoms with Gasteiger partial charge in [0.05, 0.1) is 26.0 Å². The lowest BCUT2D eigenvalue weighted by Crippen LogP contribution is -2.49. The van der Waals surface area contributed by atoms with Crippen molar-refractivity contribution in [2.45, 2.75) is 4.90 Å². The number of hydrogen-bond donors (Lipinski definition) is 0. The van der Waals surface area contributed by atoms with Crippen LogP contribution in [0.2, 0.25) is 0 Å². The summed E-state index contributed by atoms with van der Waals surface area (Å²) in [5, 5.41) is 0. The maximum atomic E-state index is 14.1. The summed E-state index contributed by atoms with van der Waals surface area (Å²) in [6, 6.07) is 11.0. The monoisotopic (exact) mass is 463 g/mol. The van der Waals surface area contributed by atoms with Gasteiger partial charge in [0, 0.05) is 44.8 Å². The molecule has 2 fully saturated rings. The summed E-state index contributed by atoms with van der Waals surface area (Å²) in [5.41, 5.74) is 0.792. The molecule has 0 unspecified atom stereocenters. The van der Waals surface area contributed by atoms with Crippen LogP contribution in [-0.4, -0.2) is 83.1 Å². The lowest BCUT2D eigenvalue weighted by molar-refractivity contribution is 0.0728. The molecule has 172 valence electrons. The van der Waals surface area contributed by atoms with Crippen molar-refractivity contribution in [1.29, 1.82) is 0 Å². The van der Waals surface area contributed by atoms with Gasteiger partial charge in [-0.15, -0.1) is 0 Å². The summed E-state index contributed by atoms with van der Waals surface area (Å²) in [7, 11) is -2.43. The minimum atomic E-state index is -3.83. The normalized spacial score (nSPS) is 17.9. The number of amides is 1. The molecule has 10 heteroatoms. The van der Waals surface area contributed by atoms with Gasteiger partial charge in [0.1, 0.15) is 16.5 Å². The van der Waals surface area contributed by atoms with Gasteiger partial charge in [-0.25, -0.2) is 12.8 Å². The van der Waals surface area contributed by atoms with Gasteiger partial charge in [-0.2, -0.15) is 4.31 Å². The summed E-state index contributed by atoms with van der Waals surface area (Å²) in [4.78, 5) is 16.7. The third kappa shape index (κ3) is 4.43. The number of sulfonamides is 1. The Balaban J connectivity index is 1.52. The topological polar surface area (TPSA) is 79.4 Å². The molecule has 0 atom stereocenters. The van der Waals surface area contributed by atoms with Crippen LogP contribution in [0.25, 0.3) is 0 Å². The summed E-state index contributed by atoms with van der Waals surface area (Å²) < 4.78 is 52.3. The highest BCUT2D eigenvalue weighted by Gasteiger charge is 2.31. The average Bonchev–Trinajstić information content (AvgIpc) is 2.84. The van der Waals surface area contributed by atoms with Gasteiger partial charge in [-0.05, 0) is 30.3 Å². The van der Waals surface area contributed by atoms with Crippen LogP contribution in [-0.2, 0) is 14.8 Å². The molecule has 2 aliphatic heterocycles. The molecule has 4 rings (SSSR count). The molecule has 0 aliphatic carbocycles. The average molecular weight is 464 g/mol. The minimum Gasteiger partial charge on any atom is -0.495 e. The molecule has 32 heavy (non-hydrogen) atoms. The van der Waals surface area contributed by atoms with Crippen LogP contribution in [0.5, 0.6) is 5.75 Å². The SMILES string of the molecule is COc1ccc(C(=O)N2CCN(c3ccccc3F)CC2)cc1S(=O)(=O)N1CCOCC1. The predicted molar refractivity (Wildman–Crippen MR) is 117 cm³/mol. The number of ether oxygens (including phenoxy) is 2. The van der Waals surface area contributed by atoms with E-state index in [1.165, 1.54) is 29.6 Å². The number of halogens is 1. The number of anilines is 1. The number of para-hydroxylation sites is 1. The molecular weight excluding hydrogens is 437 g/mol. The Labute approximate surface area is 187 Å². The van der Waals surface area contributed by atoms with E-state index in [1.807, 2.05) is 4.90 Å². The second kappa shape index (κ2) is 9.43.